The molecular weight excluding hydrogens is 188 g/mol. The summed E-state index contributed by atoms with van der Waals surface area (Å²) in [6, 6.07) is 0.862. The van der Waals surface area contributed by atoms with Crippen LogP contribution in [0.15, 0.2) is 0 Å². The van der Waals surface area contributed by atoms with Gasteiger partial charge in [0, 0.05) is 25.7 Å². The molecule has 3 nitrogen and oxygen atoms in total. The summed E-state index contributed by atoms with van der Waals surface area (Å²) in [4.78, 5) is 2.33. The van der Waals surface area contributed by atoms with Gasteiger partial charge < -0.3 is 10.5 Å². The smallest absolute Gasteiger partial charge is 0.0615 e. The zero-order chi connectivity index (χ0) is 12.1. The average Bonchev–Trinajstić information content (AvgIpc) is 2.12. The van der Waals surface area contributed by atoms with Crippen molar-refractivity contribution in [2.24, 2.45) is 11.1 Å². The van der Waals surface area contributed by atoms with Gasteiger partial charge in [-0.1, -0.05) is 20.8 Å². The van der Waals surface area contributed by atoms with E-state index in [1.54, 1.807) is 7.11 Å². The quantitative estimate of drug-likeness (QED) is 0.734. The molecule has 15 heavy (non-hydrogen) atoms. The second-order valence-corrected chi connectivity index (χ2v) is 5.62. The van der Waals surface area contributed by atoms with Gasteiger partial charge >= 0.3 is 0 Å². The van der Waals surface area contributed by atoms with Crippen molar-refractivity contribution in [2.75, 3.05) is 27.3 Å². The Kier molecular flexibility index (Phi) is 6.41. The first-order chi connectivity index (χ1) is 6.81. The van der Waals surface area contributed by atoms with E-state index in [9.17, 15) is 0 Å². The Morgan fingerprint density at radius 2 is 1.87 bits per heavy atom. The Morgan fingerprint density at radius 3 is 2.20 bits per heavy atom. The van der Waals surface area contributed by atoms with E-state index >= 15 is 0 Å². The Morgan fingerprint density at radius 1 is 1.33 bits per heavy atom. The lowest BCUT2D eigenvalue weighted by molar-refractivity contribution is 0.0764. The zero-order valence-electron chi connectivity index (χ0n) is 11.2. The molecule has 0 saturated carbocycles. The highest BCUT2D eigenvalue weighted by atomic mass is 16.5. The van der Waals surface area contributed by atoms with E-state index in [1.807, 2.05) is 0 Å². The van der Waals surface area contributed by atoms with Crippen molar-refractivity contribution in [3.05, 3.63) is 0 Å². The van der Waals surface area contributed by atoms with Crippen molar-refractivity contribution < 1.29 is 4.74 Å². The number of nitrogens with zero attached hydrogens (tertiary/aromatic N) is 1. The third-order valence-corrected chi connectivity index (χ3v) is 2.80. The maximum atomic E-state index is 5.83. The number of rotatable bonds is 6. The summed E-state index contributed by atoms with van der Waals surface area (Å²) in [6.07, 6.45) is 1.12. The highest BCUT2D eigenvalue weighted by molar-refractivity contribution is 4.79. The molecular formula is C12H28N2O. The Bertz CT molecular complexity index is 165. The predicted molar refractivity (Wildman–Crippen MR) is 66.0 cm³/mol. The summed E-state index contributed by atoms with van der Waals surface area (Å²) in [5.74, 6) is 0. The molecule has 0 heterocycles. The van der Waals surface area contributed by atoms with Crippen molar-refractivity contribution >= 4 is 0 Å². The van der Waals surface area contributed by atoms with Crippen LogP contribution in [0, 0.1) is 5.41 Å². The fourth-order valence-electron chi connectivity index (χ4n) is 1.82. The highest BCUT2D eigenvalue weighted by Crippen LogP contribution is 2.23. The van der Waals surface area contributed by atoms with Crippen molar-refractivity contribution in [1.82, 2.24) is 4.90 Å². The molecule has 0 aromatic rings. The Hall–Kier alpha value is -0.120. The summed E-state index contributed by atoms with van der Waals surface area (Å²) in [5.41, 5.74) is 6.16. The van der Waals surface area contributed by atoms with Crippen LogP contribution in [0.1, 0.15) is 34.1 Å². The number of nitrogens with two attached hydrogens (primary N) is 1. The van der Waals surface area contributed by atoms with Gasteiger partial charge in [0.2, 0.25) is 0 Å². The van der Waals surface area contributed by atoms with E-state index in [4.69, 9.17) is 10.5 Å². The average molecular weight is 216 g/mol. The maximum Gasteiger partial charge on any atom is 0.0615 e. The molecule has 0 bridgehead atoms. The van der Waals surface area contributed by atoms with Gasteiger partial charge in [-0.2, -0.15) is 0 Å². The van der Waals surface area contributed by atoms with Gasteiger partial charge in [-0.3, -0.25) is 4.90 Å². The minimum Gasteiger partial charge on any atom is -0.383 e. The van der Waals surface area contributed by atoms with Crippen molar-refractivity contribution in [3.63, 3.8) is 0 Å². The first-order valence-electron chi connectivity index (χ1n) is 5.72. The van der Waals surface area contributed by atoms with Gasteiger partial charge in [0.15, 0.2) is 0 Å². The van der Waals surface area contributed by atoms with Gasteiger partial charge in [0.05, 0.1) is 6.61 Å². The lowest BCUT2D eigenvalue weighted by Gasteiger charge is -2.35. The topological polar surface area (TPSA) is 38.5 Å². The van der Waals surface area contributed by atoms with Crippen LogP contribution in [0.3, 0.4) is 0 Å². The molecule has 2 N–H and O–H groups in total. The van der Waals surface area contributed by atoms with Gasteiger partial charge in [-0.05, 0) is 25.8 Å². The minimum atomic E-state index is 0.324. The summed E-state index contributed by atoms with van der Waals surface area (Å²) in [7, 11) is 3.87. The first-order valence-corrected chi connectivity index (χ1v) is 5.72. The van der Waals surface area contributed by atoms with Crippen LogP contribution >= 0.6 is 0 Å². The first kappa shape index (κ1) is 14.9. The molecule has 3 heteroatoms. The van der Waals surface area contributed by atoms with Gasteiger partial charge in [-0.15, -0.1) is 0 Å². The third kappa shape index (κ3) is 6.13. The lowest BCUT2D eigenvalue weighted by Crippen LogP contribution is -2.46. The zero-order valence-corrected chi connectivity index (χ0v) is 11.2. The molecule has 0 fully saturated rings. The Labute approximate surface area is 95.0 Å². The highest BCUT2D eigenvalue weighted by Gasteiger charge is 2.23. The number of hydrogen-bond donors (Lipinski definition) is 1. The van der Waals surface area contributed by atoms with Gasteiger partial charge in [0.1, 0.15) is 0 Å². The van der Waals surface area contributed by atoms with Crippen LogP contribution < -0.4 is 5.73 Å². The third-order valence-electron chi connectivity index (χ3n) is 2.80. The van der Waals surface area contributed by atoms with Crippen LogP contribution in [-0.2, 0) is 4.74 Å². The molecule has 0 radical (unpaired) electrons. The molecule has 0 aliphatic rings. The van der Waals surface area contributed by atoms with Crippen molar-refractivity contribution in [1.29, 1.82) is 0 Å². The Balaban J connectivity index is 4.27. The number of hydrogen-bond acceptors (Lipinski definition) is 3. The molecule has 0 aliphatic carbocycles. The summed E-state index contributed by atoms with van der Waals surface area (Å²) >= 11 is 0. The fourth-order valence-corrected chi connectivity index (χ4v) is 1.82. The lowest BCUT2D eigenvalue weighted by atomic mass is 9.87. The molecule has 92 valence electrons. The molecule has 0 aliphatic heterocycles. The van der Waals surface area contributed by atoms with Crippen LogP contribution in [0.25, 0.3) is 0 Å². The SMILES string of the molecule is COCC(C)N(C)C(CN)CC(C)(C)C. The summed E-state index contributed by atoms with van der Waals surface area (Å²) < 4.78 is 5.17. The van der Waals surface area contributed by atoms with E-state index in [0.717, 1.165) is 13.0 Å². The van der Waals surface area contributed by atoms with Crippen molar-refractivity contribution in [2.45, 2.75) is 46.2 Å². The number of ether oxygens (including phenoxy) is 1. The number of methoxy groups -OCH3 is 1. The van der Waals surface area contributed by atoms with E-state index in [0.29, 0.717) is 24.0 Å². The predicted octanol–water partition coefficient (Wildman–Crippen LogP) is 1.72. The van der Waals surface area contributed by atoms with Crippen LogP contribution in [0.2, 0.25) is 0 Å². The number of likely N-dealkylation sites (N-methyl/N-ethyl adjacent to an activating group) is 1. The second-order valence-electron chi connectivity index (χ2n) is 5.62. The van der Waals surface area contributed by atoms with Crippen molar-refractivity contribution in [3.8, 4) is 0 Å². The molecule has 2 atom stereocenters. The normalized spacial score (nSPS) is 16.8. The summed E-state index contributed by atoms with van der Waals surface area (Å²) in [6.45, 7) is 10.4. The molecule has 2 unspecified atom stereocenters. The fraction of sp³-hybridized carbons (Fsp3) is 1.00. The molecule has 0 amide bonds. The molecule has 0 spiro atoms. The van der Waals surface area contributed by atoms with E-state index in [1.165, 1.54) is 0 Å². The minimum absolute atomic E-state index is 0.324. The molecule has 0 saturated heterocycles. The molecule has 0 rings (SSSR count). The standard InChI is InChI=1S/C12H28N2O/c1-10(9-15-6)14(5)11(8-13)7-12(2,3)4/h10-11H,7-9,13H2,1-6H3. The largest absolute Gasteiger partial charge is 0.383 e. The van der Waals surface area contributed by atoms with E-state index in [2.05, 4.69) is 39.6 Å². The van der Waals surface area contributed by atoms with Crippen LogP contribution in [0.4, 0.5) is 0 Å². The van der Waals surface area contributed by atoms with Crippen LogP contribution in [-0.4, -0.2) is 44.3 Å². The van der Waals surface area contributed by atoms with Gasteiger partial charge in [-0.25, -0.2) is 0 Å². The van der Waals surface area contributed by atoms with Gasteiger partial charge in [0.25, 0.3) is 0 Å². The second kappa shape index (κ2) is 6.46. The van der Waals surface area contributed by atoms with E-state index < -0.39 is 0 Å². The summed E-state index contributed by atoms with van der Waals surface area (Å²) in [5, 5.41) is 0. The maximum absolute atomic E-state index is 5.83. The van der Waals surface area contributed by atoms with E-state index in [-0.39, 0.29) is 0 Å². The monoisotopic (exact) mass is 216 g/mol. The molecule has 0 aromatic heterocycles. The molecule has 0 aromatic carbocycles. The van der Waals surface area contributed by atoms with Crippen LogP contribution in [0.5, 0.6) is 0 Å².